The number of furan rings is 1. The second-order valence-corrected chi connectivity index (χ2v) is 4.39. The fourth-order valence-corrected chi connectivity index (χ4v) is 1.86. The van der Waals surface area contributed by atoms with Gasteiger partial charge in [-0.25, -0.2) is 0 Å². The second-order valence-electron chi connectivity index (χ2n) is 1.17. The number of rotatable bonds is 0. The first-order valence-electron chi connectivity index (χ1n) is 1.80. The van der Waals surface area contributed by atoms with Crippen molar-refractivity contribution in [3.8, 4) is 0 Å². The average molecular weight is 446 g/mol. The highest BCUT2D eigenvalue weighted by atomic mass is 127. The maximum atomic E-state index is 5.07. The van der Waals surface area contributed by atoms with Crippen LogP contribution in [-0.2, 0) is 0 Å². The first-order valence-corrected chi connectivity index (χ1v) is 5.03. The van der Waals surface area contributed by atoms with Crippen molar-refractivity contribution in [3.05, 3.63) is 17.2 Å². The molecule has 0 aromatic carbocycles. The molecule has 1 aromatic rings. The molecule has 0 aliphatic rings. The van der Waals surface area contributed by atoms with Crippen molar-refractivity contribution in [2.75, 3.05) is 0 Å². The molecule has 0 amide bonds. The van der Waals surface area contributed by atoms with E-state index in [1.165, 1.54) is 7.14 Å². The minimum Gasteiger partial charge on any atom is -0.456 e. The van der Waals surface area contributed by atoms with E-state index in [0.29, 0.717) is 0 Å². The molecule has 1 nitrogen and oxygen atoms in total. The molecule has 0 fully saturated rings. The monoisotopic (exact) mass is 446 g/mol. The molecule has 0 N–H and O–H groups in total. The highest BCUT2D eigenvalue weighted by Gasteiger charge is 2.02. The van der Waals surface area contributed by atoms with Crippen molar-refractivity contribution in [1.29, 1.82) is 0 Å². The molecule has 0 spiro atoms. The van der Waals surface area contributed by atoms with Crippen molar-refractivity contribution in [1.82, 2.24) is 0 Å². The van der Waals surface area contributed by atoms with E-state index < -0.39 is 0 Å². The zero-order valence-electron chi connectivity index (χ0n) is 3.62. The van der Waals surface area contributed by atoms with Gasteiger partial charge in [0, 0.05) is 22.6 Å². The summed E-state index contributed by atoms with van der Waals surface area (Å²) in [5.74, 6) is 0. The largest absolute Gasteiger partial charge is 0.456 e. The SMILES string of the molecule is Ic1coc(I)c1I. The van der Waals surface area contributed by atoms with Crippen LogP contribution in [0.5, 0.6) is 0 Å². The van der Waals surface area contributed by atoms with Gasteiger partial charge in [-0.15, -0.1) is 0 Å². The van der Waals surface area contributed by atoms with E-state index in [0.717, 1.165) is 3.77 Å². The molecule has 0 radical (unpaired) electrons. The van der Waals surface area contributed by atoms with E-state index in [1.54, 1.807) is 6.26 Å². The summed E-state index contributed by atoms with van der Waals surface area (Å²) < 4.78 is 8.45. The van der Waals surface area contributed by atoms with Crippen LogP contribution in [0, 0.1) is 10.9 Å². The Balaban J connectivity index is 3.19. The summed E-state index contributed by atoms with van der Waals surface area (Å²) in [6, 6.07) is 0. The van der Waals surface area contributed by atoms with E-state index in [-0.39, 0.29) is 0 Å². The van der Waals surface area contributed by atoms with Crippen LogP contribution in [0.25, 0.3) is 0 Å². The smallest absolute Gasteiger partial charge is 0.177 e. The average Bonchev–Trinajstić information content (AvgIpc) is 1.98. The van der Waals surface area contributed by atoms with E-state index in [4.69, 9.17) is 4.42 Å². The van der Waals surface area contributed by atoms with E-state index in [1.807, 2.05) is 0 Å². The van der Waals surface area contributed by atoms with Gasteiger partial charge in [-0.3, -0.25) is 0 Å². The highest BCUT2D eigenvalue weighted by molar-refractivity contribution is 14.1. The molecule has 1 rings (SSSR count). The predicted molar refractivity (Wildman–Crippen MR) is 56.9 cm³/mol. The summed E-state index contributed by atoms with van der Waals surface area (Å²) in [5, 5.41) is 0. The van der Waals surface area contributed by atoms with E-state index in [9.17, 15) is 0 Å². The van der Waals surface area contributed by atoms with Crippen LogP contribution in [0.15, 0.2) is 10.7 Å². The Bertz CT molecular complexity index is 174. The summed E-state index contributed by atoms with van der Waals surface area (Å²) in [7, 11) is 0. The van der Waals surface area contributed by atoms with Crippen LogP contribution in [-0.4, -0.2) is 0 Å². The van der Waals surface area contributed by atoms with E-state index >= 15 is 0 Å². The lowest BCUT2D eigenvalue weighted by molar-refractivity contribution is 0.535. The maximum Gasteiger partial charge on any atom is 0.177 e. The Labute approximate surface area is 88.0 Å². The number of halogens is 3. The molecular formula is C4HI3O. The molecule has 0 aliphatic heterocycles. The molecule has 0 bridgehead atoms. The van der Waals surface area contributed by atoms with Crippen LogP contribution >= 0.6 is 67.8 Å². The fourth-order valence-electron chi connectivity index (χ4n) is 0.301. The van der Waals surface area contributed by atoms with Gasteiger partial charge in [0.15, 0.2) is 3.77 Å². The first kappa shape index (κ1) is 7.58. The Kier molecular flexibility index (Phi) is 2.88. The topological polar surface area (TPSA) is 13.1 Å². The lowest BCUT2D eigenvalue weighted by Crippen LogP contribution is -1.68. The van der Waals surface area contributed by atoms with Crippen molar-refractivity contribution >= 4 is 67.8 Å². The van der Waals surface area contributed by atoms with Crippen LogP contribution < -0.4 is 0 Å². The van der Waals surface area contributed by atoms with Crippen LogP contribution in [0.1, 0.15) is 0 Å². The Morgan fingerprint density at radius 3 is 2.00 bits per heavy atom. The second kappa shape index (κ2) is 3.04. The predicted octanol–water partition coefficient (Wildman–Crippen LogP) is 3.09. The third kappa shape index (κ3) is 1.49. The quantitative estimate of drug-likeness (QED) is 0.560. The molecule has 4 heteroatoms. The van der Waals surface area contributed by atoms with Gasteiger partial charge in [0.05, 0.1) is 7.14 Å². The van der Waals surface area contributed by atoms with Crippen molar-refractivity contribution in [2.45, 2.75) is 0 Å². The van der Waals surface area contributed by atoms with Gasteiger partial charge in [0.25, 0.3) is 0 Å². The molecule has 8 heavy (non-hydrogen) atoms. The van der Waals surface area contributed by atoms with Crippen LogP contribution in [0.3, 0.4) is 0 Å². The number of hydrogen-bond donors (Lipinski definition) is 0. The molecule has 1 aromatic heterocycles. The lowest BCUT2D eigenvalue weighted by Gasteiger charge is -1.78. The normalized spacial score (nSPS) is 9.88. The standard InChI is InChI=1S/C4HI3O/c5-2-1-8-4(7)3(2)6/h1H. The molecule has 0 aliphatic carbocycles. The third-order valence-corrected chi connectivity index (χ3v) is 5.37. The Morgan fingerprint density at radius 1 is 1.25 bits per heavy atom. The fraction of sp³-hybridized carbons (Fsp3) is 0. The molecule has 44 valence electrons. The minimum absolute atomic E-state index is 0.979. The van der Waals surface area contributed by atoms with Gasteiger partial charge < -0.3 is 4.42 Å². The summed E-state index contributed by atoms with van der Waals surface area (Å²) in [6.45, 7) is 0. The van der Waals surface area contributed by atoms with Crippen molar-refractivity contribution in [2.24, 2.45) is 0 Å². The molecule has 0 atom stereocenters. The highest BCUT2D eigenvalue weighted by Crippen LogP contribution is 2.21. The zero-order chi connectivity index (χ0) is 6.15. The van der Waals surface area contributed by atoms with Gasteiger partial charge in [-0.1, -0.05) is 0 Å². The first-order chi connectivity index (χ1) is 3.72. The van der Waals surface area contributed by atoms with Crippen molar-refractivity contribution in [3.63, 3.8) is 0 Å². The van der Waals surface area contributed by atoms with Gasteiger partial charge in [0.1, 0.15) is 6.26 Å². The summed E-state index contributed by atoms with van der Waals surface area (Å²) >= 11 is 6.66. The molecule has 0 saturated heterocycles. The summed E-state index contributed by atoms with van der Waals surface area (Å²) in [5.41, 5.74) is 0. The Hall–Kier alpha value is 1.47. The minimum atomic E-state index is 0.979. The maximum absolute atomic E-state index is 5.07. The summed E-state index contributed by atoms with van der Waals surface area (Å²) in [4.78, 5) is 0. The lowest BCUT2D eigenvalue weighted by atomic mass is 10.7. The van der Waals surface area contributed by atoms with Crippen molar-refractivity contribution < 1.29 is 4.42 Å². The van der Waals surface area contributed by atoms with Crippen LogP contribution in [0.4, 0.5) is 0 Å². The number of hydrogen-bond acceptors (Lipinski definition) is 1. The molecular weight excluding hydrogens is 445 g/mol. The van der Waals surface area contributed by atoms with Crippen LogP contribution in [0.2, 0.25) is 0 Å². The van der Waals surface area contributed by atoms with Gasteiger partial charge in [-0.05, 0) is 45.2 Å². The van der Waals surface area contributed by atoms with Gasteiger partial charge >= 0.3 is 0 Å². The van der Waals surface area contributed by atoms with E-state index in [2.05, 4.69) is 67.8 Å². The molecule has 0 saturated carbocycles. The Morgan fingerprint density at radius 2 is 1.88 bits per heavy atom. The summed E-state index contributed by atoms with van der Waals surface area (Å²) in [6.07, 6.45) is 1.75. The zero-order valence-corrected chi connectivity index (χ0v) is 10.1. The molecule has 1 heterocycles. The molecule has 0 unspecified atom stereocenters. The third-order valence-electron chi connectivity index (χ3n) is 0.648. The van der Waals surface area contributed by atoms with Gasteiger partial charge in [0.2, 0.25) is 0 Å². The van der Waals surface area contributed by atoms with Gasteiger partial charge in [-0.2, -0.15) is 0 Å².